The Morgan fingerprint density at radius 1 is 0.938 bits per heavy atom. The molecule has 1 aliphatic heterocycles. The van der Waals surface area contributed by atoms with Crippen molar-refractivity contribution in [1.82, 2.24) is 4.90 Å². The Kier molecular flexibility index (Phi) is 6.22. The van der Waals surface area contributed by atoms with Crippen LogP contribution in [0.3, 0.4) is 0 Å². The third kappa shape index (κ3) is 4.64. The SMILES string of the molecule is COc1cc(C=CC(=O)N2Cc3ccccc3-c3ccccc3C2)ccc1OCC(N)=O. The molecule has 0 saturated carbocycles. The Bertz CT molecular complexity index is 1140. The molecule has 2 N–H and O–H groups in total. The third-order valence-corrected chi connectivity index (χ3v) is 5.33. The molecule has 32 heavy (non-hydrogen) atoms. The third-order valence-electron chi connectivity index (χ3n) is 5.33. The number of fused-ring (bicyclic) bond motifs is 3. The second-order valence-corrected chi connectivity index (χ2v) is 7.51. The molecule has 0 fully saturated rings. The average Bonchev–Trinajstić information content (AvgIpc) is 2.98. The number of hydrogen-bond donors (Lipinski definition) is 1. The summed E-state index contributed by atoms with van der Waals surface area (Å²) >= 11 is 0. The monoisotopic (exact) mass is 428 g/mol. The van der Waals surface area contributed by atoms with Crippen molar-refractivity contribution in [2.24, 2.45) is 5.73 Å². The van der Waals surface area contributed by atoms with Gasteiger partial charge >= 0.3 is 0 Å². The predicted octanol–water partition coefficient (Wildman–Crippen LogP) is 3.78. The van der Waals surface area contributed by atoms with Crippen LogP contribution in [-0.2, 0) is 22.7 Å². The van der Waals surface area contributed by atoms with Gasteiger partial charge in [-0.15, -0.1) is 0 Å². The van der Waals surface area contributed by atoms with Crippen LogP contribution in [0, 0.1) is 0 Å². The van der Waals surface area contributed by atoms with Gasteiger partial charge in [-0.3, -0.25) is 9.59 Å². The first-order valence-electron chi connectivity index (χ1n) is 10.3. The Hall–Kier alpha value is -4.06. The van der Waals surface area contributed by atoms with E-state index in [2.05, 4.69) is 24.3 Å². The van der Waals surface area contributed by atoms with E-state index in [1.165, 1.54) is 18.2 Å². The van der Waals surface area contributed by atoms with Crippen LogP contribution in [0.15, 0.2) is 72.8 Å². The molecule has 0 spiro atoms. The summed E-state index contributed by atoms with van der Waals surface area (Å²) in [6.45, 7) is 0.844. The van der Waals surface area contributed by atoms with E-state index in [4.69, 9.17) is 15.2 Å². The summed E-state index contributed by atoms with van der Waals surface area (Å²) in [5.74, 6) is 0.223. The van der Waals surface area contributed by atoms with E-state index in [1.807, 2.05) is 29.2 Å². The minimum atomic E-state index is -0.567. The highest BCUT2D eigenvalue weighted by Gasteiger charge is 2.21. The number of carbonyl (C=O) groups excluding carboxylic acids is 2. The number of benzene rings is 3. The summed E-state index contributed by atoms with van der Waals surface area (Å²) in [5.41, 5.74) is 10.5. The van der Waals surface area contributed by atoms with Crippen molar-refractivity contribution in [3.05, 3.63) is 89.5 Å². The normalized spacial score (nSPS) is 12.6. The van der Waals surface area contributed by atoms with Crippen LogP contribution in [0.4, 0.5) is 0 Å². The number of primary amides is 1. The number of amides is 2. The number of nitrogens with two attached hydrogens (primary N) is 1. The van der Waals surface area contributed by atoms with E-state index in [-0.39, 0.29) is 12.5 Å². The quantitative estimate of drug-likeness (QED) is 0.606. The average molecular weight is 428 g/mol. The van der Waals surface area contributed by atoms with Crippen molar-refractivity contribution in [2.75, 3.05) is 13.7 Å². The highest BCUT2D eigenvalue weighted by atomic mass is 16.5. The molecule has 6 nitrogen and oxygen atoms in total. The first-order valence-corrected chi connectivity index (χ1v) is 10.3. The maximum atomic E-state index is 13.1. The molecule has 0 bridgehead atoms. The molecule has 162 valence electrons. The van der Waals surface area contributed by atoms with Crippen LogP contribution >= 0.6 is 0 Å². The molecule has 6 heteroatoms. The maximum absolute atomic E-state index is 13.1. The van der Waals surface area contributed by atoms with Gasteiger partial charge in [0, 0.05) is 19.2 Å². The van der Waals surface area contributed by atoms with Gasteiger partial charge in [-0.25, -0.2) is 0 Å². The summed E-state index contributed by atoms with van der Waals surface area (Å²) in [6, 6.07) is 21.6. The smallest absolute Gasteiger partial charge is 0.255 e. The van der Waals surface area contributed by atoms with Gasteiger partial charge in [0.2, 0.25) is 5.91 Å². The molecule has 0 atom stereocenters. The summed E-state index contributed by atoms with van der Waals surface area (Å²) < 4.78 is 10.7. The molecule has 3 aromatic carbocycles. The van der Waals surface area contributed by atoms with Crippen molar-refractivity contribution in [3.8, 4) is 22.6 Å². The fourth-order valence-electron chi connectivity index (χ4n) is 3.79. The Morgan fingerprint density at radius 3 is 2.16 bits per heavy atom. The lowest BCUT2D eigenvalue weighted by Crippen LogP contribution is -2.27. The standard InChI is InChI=1S/C26H24N2O4/c1-31-24-14-18(10-12-23(24)32-17-25(27)29)11-13-26(30)28-15-19-6-2-4-8-21(19)22-9-5-3-7-20(22)16-28/h2-14H,15-17H2,1H3,(H2,27,29). The molecule has 0 aliphatic carbocycles. The summed E-state index contributed by atoms with van der Waals surface area (Å²) in [6.07, 6.45) is 3.31. The first kappa shape index (κ1) is 21.2. The van der Waals surface area contributed by atoms with Crippen molar-refractivity contribution < 1.29 is 19.1 Å². The number of methoxy groups -OCH3 is 1. The molecule has 2 amide bonds. The van der Waals surface area contributed by atoms with Crippen molar-refractivity contribution in [3.63, 3.8) is 0 Å². The lowest BCUT2D eigenvalue weighted by atomic mass is 9.97. The second kappa shape index (κ2) is 9.39. The Balaban J connectivity index is 1.55. The van der Waals surface area contributed by atoms with E-state index < -0.39 is 5.91 Å². The van der Waals surface area contributed by atoms with Gasteiger partial charge in [0.1, 0.15) is 0 Å². The topological polar surface area (TPSA) is 81.9 Å². The van der Waals surface area contributed by atoms with Crippen LogP contribution in [0.1, 0.15) is 16.7 Å². The van der Waals surface area contributed by atoms with Gasteiger partial charge in [-0.05, 0) is 46.0 Å². The number of rotatable bonds is 6. The molecule has 4 rings (SSSR count). The van der Waals surface area contributed by atoms with Crippen LogP contribution in [-0.4, -0.2) is 30.4 Å². The minimum absolute atomic E-state index is 0.0791. The second-order valence-electron chi connectivity index (χ2n) is 7.51. The zero-order valence-electron chi connectivity index (χ0n) is 17.8. The maximum Gasteiger partial charge on any atom is 0.255 e. The highest BCUT2D eigenvalue weighted by molar-refractivity contribution is 5.92. The minimum Gasteiger partial charge on any atom is -0.493 e. The largest absolute Gasteiger partial charge is 0.493 e. The van der Waals surface area contributed by atoms with Gasteiger partial charge in [0.15, 0.2) is 18.1 Å². The summed E-state index contributed by atoms with van der Waals surface area (Å²) in [5, 5.41) is 0. The molecule has 1 aliphatic rings. The predicted molar refractivity (Wildman–Crippen MR) is 123 cm³/mol. The fourth-order valence-corrected chi connectivity index (χ4v) is 3.79. The lowest BCUT2D eigenvalue weighted by Gasteiger charge is -2.19. The summed E-state index contributed by atoms with van der Waals surface area (Å²) in [4.78, 5) is 25.9. The molecule has 3 aromatic rings. The molecule has 0 saturated heterocycles. The van der Waals surface area contributed by atoms with E-state index in [1.54, 1.807) is 30.4 Å². The van der Waals surface area contributed by atoms with Gasteiger partial charge in [0.05, 0.1) is 7.11 Å². The number of carbonyl (C=O) groups is 2. The van der Waals surface area contributed by atoms with Crippen LogP contribution in [0.25, 0.3) is 17.2 Å². The number of ether oxygens (including phenoxy) is 2. The van der Waals surface area contributed by atoms with E-state index >= 15 is 0 Å². The van der Waals surface area contributed by atoms with Gasteiger partial charge < -0.3 is 20.1 Å². The van der Waals surface area contributed by atoms with E-state index in [0.717, 1.165) is 16.7 Å². The van der Waals surface area contributed by atoms with Crippen molar-refractivity contribution in [2.45, 2.75) is 13.1 Å². The molecule has 0 unspecified atom stereocenters. The van der Waals surface area contributed by atoms with E-state index in [9.17, 15) is 9.59 Å². The number of hydrogen-bond acceptors (Lipinski definition) is 4. The highest BCUT2D eigenvalue weighted by Crippen LogP contribution is 2.33. The lowest BCUT2D eigenvalue weighted by molar-refractivity contribution is -0.127. The van der Waals surface area contributed by atoms with Gasteiger partial charge in [-0.2, -0.15) is 0 Å². The summed E-state index contributed by atoms with van der Waals surface area (Å²) in [7, 11) is 1.51. The molecule has 1 heterocycles. The zero-order valence-corrected chi connectivity index (χ0v) is 17.8. The molecular weight excluding hydrogens is 404 g/mol. The van der Waals surface area contributed by atoms with Gasteiger partial charge in [0.25, 0.3) is 5.91 Å². The van der Waals surface area contributed by atoms with Crippen molar-refractivity contribution >= 4 is 17.9 Å². The van der Waals surface area contributed by atoms with Gasteiger partial charge in [-0.1, -0.05) is 54.6 Å². The molecule has 0 radical (unpaired) electrons. The molecular formula is C26H24N2O4. The van der Waals surface area contributed by atoms with E-state index in [0.29, 0.717) is 24.6 Å². The molecule has 0 aromatic heterocycles. The Morgan fingerprint density at radius 2 is 1.56 bits per heavy atom. The van der Waals surface area contributed by atoms with Crippen molar-refractivity contribution in [1.29, 1.82) is 0 Å². The fraction of sp³-hybridized carbons (Fsp3) is 0.154. The Labute approximate surface area is 186 Å². The van der Waals surface area contributed by atoms with Crippen LogP contribution in [0.5, 0.6) is 11.5 Å². The number of nitrogens with zero attached hydrogens (tertiary/aromatic N) is 1. The first-order chi connectivity index (χ1) is 15.5. The van der Waals surface area contributed by atoms with Crippen LogP contribution < -0.4 is 15.2 Å². The zero-order chi connectivity index (χ0) is 22.5. The van der Waals surface area contributed by atoms with Crippen LogP contribution in [0.2, 0.25) is 0 Å².